The average molecular weight is 213 g/mol. The third-order valence-corrected chi connectivity index (χ3v) is 1.45. The summed E-state index contributed by atoms with van der Waals surface area (Å²) in [6, 6.07) is 9.03. The monoisotopic (exact) mass is 213 g/mol. The van der Waals surface area contributed by atoms with Crippen LogP contribution in [0.3, 0.4) is 0 Å². The van der Waals surface area contributed by atoms with E-state index in [0.29, 0.717) is 5.69 Å². The normalized spacial score (nSPS) is 12.0. The van der Waals surface area contributed by atoms with E-state index >= 15 is 0 Å². The summed E-state index contributed by atoms with van der Waals surface area (Å²) in [5.74, 6) is 0. The van der Waals surface area contributed by atoms with E-state index in [1.54, 1.807) is 18.2 Å². The zero-order chi connectivity index (χ0) is 11.3. The number of nitrogens with one attached hydrogen (secondary N) is 1. The van der Waals surface area contributed by atoms with Crippen LogP contribution in [0.2, 0.25) is 0 Å². The van der Waals surface area contributed by atoms with Crippen molar-refractivity contribution in [3.63, 3.8) is 0 Å². The minimum absolute atomic E-state index is 0.384. The minimum Gasteiger partial charge on any atom is -0.277 e. The van der Waals surface area contributed by atoms with Gasteiger partial charge in [0.25, 0.3) is 0 Å². The first-order valence-electron chi connectivity index (χ1n) is 3.90. The molecule has 0 saturated heterocycles. The SMILES string of the molecule is N#CC(=NNc1ccccc1)C(F)(F)F. The van der Waals surface area contributed by atoms with Gasteiger partial charge in [-0.3, -0.25) is 5.43 Å². The first kappa shape index (κ1) is 11.0. The van der Waals surface area contributed by atoms with Crippen LogP contribution in [0.1, 0.15) is 0 Å². The highest BCUT2D eigenvalue weighted by atomic mass is 19.4. The van der Waals surface area contributed by atoms with E-state index in [4.69, 9.17) is 5.26 Å². The van der Waals surface area contributed by atoms with Gasteiger partial charge in [0.15, 0.2) is 0 Å². The van der Waals surface area contributed by atoms with E-state index in [0.717, 1.165) is 6.07 Å². The predicted molar refractivity (Wildman–Crippen MR) is 49.2 cm³/mol. The third-order valence-electron chi connectivity index (χ3n) is 1.45. The first-order chi connectivity index (χ1) is 7.04. The second kappa shape index (κ2) is 4.46. The Labute approximate surface area is 83.8 Å². The van der Waals surface area contributed by atoms with Crippen molar-refractivity contribution < 1.29 is 13.2 Å². The van der Waals surface area contributed by atoms with Crippen molar-refractivity contribution >= 4 is 11.4 Å². The van der Waals surface area contributed by atoms with Crippen LogP contribution < -0.4 is 5.43 Å². The highest BCUT2D eigenvalue weighted by Crippen LogP contribution is 2.17. The van der Waals surface area contributed by atoms with E-state index in [1.807, 2.05) is 0 Å². The van der Waals surface area contributed by atoms with E-state index in [2.05, 4.69) is 10.5 Å². The molecule has 1 rings (SSSR count). The Morgan fingerprint density at radius 1 is 1.27 bits per heavy atom. The molecule has 0 fully saturated rings. The second-order valence-corrected chi connectivity index (χ2v) is 2.55. The van der Waals surface area contributed by atoms with Gasteiger partial charge in [0, 0.05) is 0 Å². The van der Waals surface area contributed by atoms with Gasteiger partial charge in [0.1, 0.15) is 6.07 Å². The molecule has 0 aliphatic rings. The highest BCUT2D eigenvalue weighted by molar-refractivity contribution is 6.03. The summed E-state index contributed by atoms with van der Waals surface area (Å²) in [6.07, 6.45) is -4.73. The highest BCUT2D eigenvalue weighted by Gasteiger charge is 2.36. The Kier molecular flexibility index (Phi) is 3.29. The molecule has 6 heteroatoms. The van der Waals surface area contributed by atoms with Crippen molar-refractivity contribution in [2.75, 3.05) is 5.43 Å². The van der Waals surface area contributed by atoms with Gasteiger partial charge < -0.3 is 0 Å². The molecule has 0 unspecified atom stereocenters. The zero-order valence-electron chi connectivity index (χ0n) is 7.42. The lowest BCUT2D eigenvalue weighted by Gasteiger charge is -2.03. The maximum absolute atomic E-state index is 12.0. The summed E-state index contributed by atoms with van der Waals surface area (Å²) < 4.78 is 36.1. The number of para-hydroxylation sites is 1. The number of nitrogens with zero attached hydrogens (tertiary/aromatic N) is 2. The van der Waals surface area contributed by atoms with Crippen molar-refractivity contribution in [2.45, 2.75) is 6.18 Å². The zero-order valence-corrected chi connectivity index (χ0v) is 7.42. The molecule has 1 aromatic rings. The van der Waals surface area contributed by atoms with Crippen LogP contribution in [0, 0.1) is 11.3 Å². The Morgan fingerprint density at radius 2 is 1.87 bits per heavy atom. The maximum Gasteiger partial charge on any atom is 0.445 e. The molecule has 0 radical (unpaired) electrons. The number of halogens is 3. The topological polar surface area (TPSA) is 48.2 Å². The lowest BCUT2D eigenvalue weighted by molar-refractivity contribution is -0.0573. The summed E-state index contributed by atoms with van der Waals surface area (Å²) in [5, 5.41) is 11.2. The molecule has 0 heterocycles. The molecule has 15 heavy (non-hydrogen) atoms. The van der Waals surface area contributed by atoms with Crippen LogP contribution in [0.5, 0.6) is 0 Å². The van der Waals surface area contributed by atoms with E-state index in [9.17, 15) is 13.2 Å². The quantitative estimate of drug-likeness (QED) is 0.606. The standard InChI is InChI=1S/C9H6F3N3/c10-9(11,12)8(6-13)15-14-7-4-2-1-3-5-7/h1-5,14H. The Balaban J connectivity index is 2.77. The van der Waals surface area contributed by atoms with Crippen LogP contribution >= 0.6 is 0 Å². The van der Waals surface area contributed by atoms with Gasteiger partial charge in [0.05, 0.1) is 5.69 Å². The molecule has 0 amide bonds. The number of hydrazone groups is 1. The summed E-state index contributed by atoms with van der Waals surface area (Å²) in [5.41, 5.74) is 1.02. The summed E-state index contributed by atoms with van der Waals surface area (Å²) in [6.45, 7) is 0. The van der Waals surface area contributed by atoms with Crippen LogP contribution in [-0.4, -0.2) is 11.9 Å². The Morgan fingerprint density at radius 3 is 2.33 bits per heavy atom. The second-order valence-electron chi connectivity index (χ2n) is 2.55. The number of rotatable bonds is 2. The molecule has 0 saturated carbocycles. The molecule has 1 N–H and O–H groups in total. The fourth-order valence-corrected chi connectivity index (χ4v) is 0.785. The largest absolute Gasteiger partial charge is 0.445 e. The fourth-order valence-electron chi connectivity index (χ4n) is 0.785. The van der Waals surface area contributed by atoms with Crippen LogP contribution in [0.25, 0.3) is 0 Å². The van der Waals surface area contributed by atoms with E-state index < -0.39 is 11.9 Å². The molecule has 0 aliphatic heterocycles. The molecular weight excluding hydrogens is 207 g/mol. The molecule has 3 nitrogen and oxygen atoms in total. The van der Waals surface area contributed by atoms with Crippen molar-refractivity contribution in [1.82, 2.24) is 0 Å². The van der Waals surface area contributed by atoms with Crippen molar-refractivity contribution in [3.8, 4) is 6.07 Å². The Bertz CT molecular complexity index is 389. The number of hydrogen-bond acceptors (Lipinski definition) is 3. The van der Waals surface area contributed by atoms with Gasteiger partial charge in [-0.2, -0.15) is 23.5 Å². The fraction of sp³-hybridized carbons (Fsp3) is 0.111. The number of nitriles is 1. The van der Waals surface area contributed by atoms with Crippen LogP contribution in [0.4, 0.5) is 18.9 Å². The molecule has 0 aliphatic carbocycles. The molecule has 0 aromatic heterocycles. The van der Waals surface area contributed by atoms with Gasteiger partial charge in [-0.15, -0.1) is 0 Å². The van der Waals surface area contributed by atoms with Gasteiger partial charge in [-0.1, -0.05) is 18.2 Å². The third kappa shape index (κ3) is 3.31. The molecule has 0 spiro atoms. The van der Waals surface area contributed by atoms with Crippen molar-refractivity contribution in [1.29, 1.82) is 5.26 Å². The minimum atomic E-state index is -4.73. The van der Waals surface area contributed by atoms with E-state index in [-0.39, 0.29) is 0 Å². The van der Waals surface area contributed by atoms with Gasteiger partial charge in [-0.25, -0.2) is 0 Å². The average Bonchev–Trinajstić information content (AvgIpc) is 2.18. The number of alkyl halides is 3. The van der Waals surface area contributed by atoms with Crippen molar-refractivity contribution in [2.24, 2.45) is 5.10 Å². The molecule has 0 atom stereocenters. The van der Waals surface area contributed by atoms with Gasteiger partial charge in [-0.05, 0) is 12.1 Å². The molecule has 1 aromatic carbocycles. The van der Waals surface area contributed by atoms with Crippen LogP contribution in [0.15, 0.2) is 35.4 Å². The van der Waals surface area contributed by atoms with Gasteiger partial charge in [0.2, 0.25) is 5.71 Å². The summed E-state index contributed by atoms with van der Waals surface area (Å²) in [4.78, 5) is 0. The summed E-state index contributed by atoms with van der Waals surface area (Å²) in [7, 11) is 0. The molecule has 0 bridgehead atoms. The lowest BCUT2D eigenvalue weighted by atomic mass is 10.3. The number of benzene rings is 1. The first-order valence-corrected chi connectivity index (χ1v) is 3.90. The predicted octanol–water partition coefficient (Wildman–Crippen LogP) is 2.54. The summed E-state index contributed by atoms with van der Waals surface area (Å²) >= 11 is 0. The smallest absolute Gasteiger partial charge is 0.277 e. The van der Waals surface area contributed by atoms with Crippen LogP contribution in [-0.2, 0) is 0 Å². The Hall–Kier alpha value is -2.03. The lowest BCUT2D eigenvalue weighted by Crippen LogP contribution is -2.22. The van der Waals surface area contributed by atoms with E-state index in [1.165, 1.54) is 12.1 Å². The molecular formula is C9H6F3N3. The van der Waals surface area contributed by atoms with Crippen molar-refractivity contribution in [3.05, 3.63) is 30.3 Å². The molecule has 78 valence electrons. The maximum atomic E-state index is 12.0. The number of hydrogen-bond donors (Lipinski definition) is 1. The van der Waals surface area contributed by atoms with Gasteiger partial charge >= 0.3 is 6.18 Å². The number of anilines is 1.